The molecule has 0 saturated heterocycles. The Hall–Kier alpha value is -1.26. The van der Waals surface area contributed by atoms with Crippen LogP contribution < -0.4 is 5.32 Å². The molecular formula is C9H9ClN2O2. The van der Waals surface area contributed by atoms with Crippen LogP contribution in [-0.2, 0) is 13.1 Å². The van der Waals surface area contributed by atoms with Gasteiger partial charge in [-0.15, -0.1) is 0 Å². The highest BCUT2D eigenvalue weighted by Gasteiger charge is 2.00. The van der Waals surface area contributed by atoms with Crippen LogP contribution in [0.2, 0.25) is 5.22 Å². The van der Waals surface area contributed by atoms with E-state index in [-0.39, 0.29) is 0 Å². The summed E-state index contributed by atoms with van der Waals surface area (Å²) >= 11 is 5.62. The van der Waals surface area contributed by atoms with Crippen molar-refractivity contribution >= 4 is 11.6 Å². The normalized spacial score (nSPS) is 10.6. The van der Waals surface area contributed by atoms with Crippen LogP contribution in [0.5, 0.6) is 0 Å². The van der Waals surface area contributed by atoms with E-state index in [1.165, 1.54) is 0 Å². The topological polar surface area (TPSA) is 51.2 Å². The van der Waals surface area contributed by atoms with Crippen molar-refractivity contribution in [2.75, 3.05) is 0 Å². The number of aromatic nitrogens is 1. The highest BCUT2D eigenvalue weighted by atomic mass is 35.5. The van der Waals surface area contributed by atoms with Crippen molar-refractivity contribution in [3.05, 3.63) is 41.1 Å². The first-order valence-corrected chi connectivity index (χ1v) is 4.56. The van der Waals surface area contributed by atoms with Crippen LogP contribution in [0.4, 0.5) is 0 Å². The van der Waals surface area contributed by atoms with Crippen LogP contribution >= 0.6 is 11.6 Å². The van der Waals surface area contributed by atoms with Gasteiger partial charge in [0.2, 0.25) is 0 Å². The number of nitrogens with one attached hydrogen (secondary N) is 1. The van der Waals surface area contributed by atoms with E-state index >= 15 is 0 Å². The minimum absolute atomic E-state index is 0.406. The Balaban J connectivity index is 1.78. The van der Waals surface area contributed by atoms with Gasteiger partial charge in [0, 0.05) is 12.6 Å². The van der Waals surface area contributed by atoms with E-state index in [1.54, 1.807) is 12.3 Å². The van der Waals surface area contributed by atoms with Crippen molar-refractivity contribution in [3.63, 3.8) is 0 Å². The molecule has 0 unspecified atom stereocenters. The minimum Gasteiger partial charge on any atom is -0.448 e. The number of rotatable bonds is 4. The highest BCUT2D eigenvalue weighted by molar-refractivity contribution is 6.28. The zero-order chi connectivity index (χ0) is 9.80. The second-order valence-corrected chi connectivity index (χ2v) is 3.17. The van der Waals surface area contributed by atoms with Gasteiger partial charge in [0.1, 0.15) is 12.0 Å². The van der Waals surface area contributed by atoms with Gasteiger partial charge in [0.05, 0.1) is 12.2 Å². The van der Waals surface area contributed by atoms with E-state index in [1.807, 2.05) is 12.1 Å². The van der Waals surface area contributed by atoms with Crippen LogP contribution in [0.15, 0.2) is 33.4 Å². The maximum Gasteiger partial charge on any atom is 0.193 e. The average molecular weight is 213 g/mol. The van der Waals surface area contributed by atoms with Crippen molar-refractivity contribution in [1.82, 2.24) is 10.5 Å². The first-order valence-electron chi connectivity index (χ1n) is 4.19. The number of nitrogens with zero attached hydrogens (tertiary/aromatic N) is 1. The van der Waals surface area contributed by atoms with Crippen LogP contribution in [0.1, 0.15) is 11.5 Å². The Morgan fingerprint density at radius 2 is 2.21 bits per heavy atom. The molecule has 0 spiro atoms. The summed E-state index contributed by atoms with van der Waals surface area (Å²) in [5.74, 6) is 0.804. The lowest BCUT2D eigenvalue weighted by atomic mass is 10.4. The van der Waals surface area contributed by atoms with Crippen LogP contribution in [0, 0.1) is 0 Å². The fourth-order valence-electron chi connectivity index (χ4n) is 1.09. The van der Waals surface area contributed by atoms with Crippen LogP contribution in [-0.4, -0.2) is 5.16 Å². The van der Waals surface area contributed by atoms with Gasteiger partial charge in [0.25, 0.3) is 0 Å². The number of halogens is 1. The average Bonchev–Trinajstić information content (AvgIpc) is 2.77. The molecule has 5 heteroatoms. The third-order valence-electron chi connectivity index (χ3n) is 1.73. The standard InChI is InChI=1S/C9H9ClN2O2/c10-9-2-1-8(14-9)6-11-5-7-3-4-13-12-7/h1-4,11H,5-6H2. The maximum atomic E-state index is 5.62. The van der Waals surface area contributed by atoms with Gasteiger partial charge in [-0.25, -0.2) is 0 Å². The molecule has 1 N–H and O–H groups in total. The Kier molecular flexibility index (Phi) is 2.86. The number of hydrogen-bond acceptors (Lipinski definition) is 4. The molecule has 2 heterocycles. The second-order valence-electron chi connectivity index (χ2n) is 2.80. The lowest BCUT2D eigenvalue weighted by molar-refractivity contribution is 0.406. The molecule has 0 aromatic carbocycles. The van der Waals surface area contributed by atoms with Crippen molar-refractivity contribution < 1.29 is 8.94 Å². The highest BCUT2D eigenvalue weighted by Crippen LogP contribution is 2.12. The van der Waals surface area contributed by atoms with Crippen LogP contribution in [0.3, 0.4) is 0 Å². The molecule has 2 rings (SSSR count). The predicted octanol–water partition coefficient (Wildman–Crippen LogP) is 2.21. The molecule has 0 aliphatic heterocycles. The third-order valence-corrected chi connectivity index (χ3v) is 1.93. The Morgan fingerprint density at radius 1 is 1.29 bits per heavy atom. The Labute approximate surface area is 85.8 Å². The maximum absolute atomic E-state index is 5.62. The molecule has 4 nitrogen and oxygen atoms in total. The summed E-state index contributed by atoms with van der Waals surface area (Å²) < 4.78 is 9.85. The zero-order valence-corrected chi connectivity index (χ0v) is 8.12. The van der Waals surface area contributed by atoms with Gasteiger partial charge in [0.15, 0.2) is 5.22 Å². The van der Waals surface area contributed by atoms with Gasteiger partial charge < -0.3 is 14.3 Å². The molecular weight excluding hydrogens is 204 g/mol. The molecule has 74 valence electrons. The van der Waals surface area contributed by atoms with E-state index in [9.17, 15) is 0 Å². The quantitative estimate of drug-likeness (QED) is 0.844. The van der Waals surface area contributed by atoms with Crippen molar-refractivity contribution in [2.45, 2.75) is 13.1 Å². The lowest BCUT2D eigenvalue weighted by Crippen LogP contribution is -2.12. The zero-order valence-electron chi connectivity index (χ0n) is 7.37. The fourth-order valence-corrected chi connectivity index (χ4v) is 1.25. The van der Waals surface area contributed by atoms with Gasteiger partial charge in [-0.3, -0.25) is 0 Å². The molecule has 0 amide bonds. The molecule has 0 bridgehead atoms. The second kappa shape index (κ2) is 4.30. The molecule has 0 saturated carbocycles. The van der Waals surface area contributed by atoms with E-state index < -0.39 is 0 Å². The molecule has 0 fully saturated rings. The summed E-state index contributed by atoms with van der Waals surface area (Å²) in [5, 5.41) is 7.31. The third kappa shape index (κ3) is 2.37. The summed E-state index contributed by atoms with van der Waals surface area (Å²) in [7, 11) is 0. The molecule has 0 aliphatic carbocycles. The molecule has 14 heavy (non-hydrogen) atoms. The van der Waals surface area contributed by atoms with E-state index in [0.717, 1.165) is 11.5 Å². The predicted molar refractivity (Wildman–Crippen MR) is 50.8 cm³/mol. The van der Waals surface area contributed by atoms with Crippen molar-refractivity contribution in [3.8, 4) is 0 Å². The molecule has 2 aromatic rings. The van der Waals surface area contributed by atoms with E-state index in [4.69, 9.17) is 16.0 Å². The summed E-state index contributed by atoms with van der Waals surface area (Å²) in [6.45, 7) is 1.27. The van der Waals surface area contributed by atoms with Gasteiger partial charge in [-0.05, 0) is 23.7 Å². The lowest BCUT2D eigenvalue weighted by Gasteiger charge is -1.97. The van der Waals surface area contributed by atoms with E-state index in [0.29, 0.717) is 18.3 Å². The molecule has 0 aliphatic rings. The van der Waals surface area contributed by atoms with Crippen molar-refractivity contribution in [2.24, 2.45) is 0 Å². The van der Waals surface area contributed by atoms with Gasteiger partial charge >= 0.3 is 0 Å². The van der Waals surface area contributed by atoms with Gasteiger partial charge in [-0.2, -0.15) is 0 Å². The van der Waals surface area contributed by atoms with E-state index in [2.05, 4.69) is 15.0 Å². The Morgan fingerprint density at radius 3 is 2.86 bits per heavy atom. The number of furan rings is 1. The molecule has 0 atom stereocenters. The smallest absolute Gasteiger partial charge is 0.193 e. The summed E-state index contributed by atoms with van der Waals surface area (Å²) in [4.78, 5) is 0. The first kappa shape index (κ1) is 9.30. The summed E-state index contributed by atoms with van der Waals surface area (Å²) in [6.07, 6.45) is 1.54. The SMILES string of the molecule is Clc1ccc(CNCc2ccon2)o1. The fraction of sp³-hybridized carbons (Fsp3) is 0.222. The monoisotopic (exact) mass is 212 g/mol. The first-order chi connectivity index (χ1) is 6.84. The summed E-state index contributed by atoms with van der Waals surface area (Å²) in [5.41, 5.74) is 0.864. The molecule has 2 aromatic heterocycles. The van der Waals surface area contributed by atoms with Gasteiger partial charge in [-0.1, -0.05) is 5.16 Å². The molecule has 0 radical (unpaired) electrons. The van der Waals surface area contributed by atoms with Crippen LogP contribution in [0.25, 0.3) is 0 Å². The summed E-state index contributed by atoms with van der Waals surface area (Å²) in [6, 6.07) is 5.36. The minimum atomic E-state index is 0.406. The Bertz CT molecular complexity index is 383. The van der Waals surface area contributed by atoms with Crippen molar-refractivity contribution in [1.29, 1.82) is 0 Å². The largest absolute Gasteiger partial charge is 0.448 e. The number of hydrogen-bond donors (Lipinski definition) is 1.